The first kappa shape index (κ1) is 38.4. The van der Waals surface area contributed by atoms with E-state index in [2.05, 4.69) is 25.3 Å². The largest absolute Gasteiger partial charge is 0.394 e. The minimum Gasteiger partial charge on any atom is -0.394 e. The molecule has 0 radical (unpaired) electrons. The molecular formula is C23H47N15O10. The lowest BCUT2D eigenvalue weighted by Gasteiger charge is -2.49. The maximum Gasteiger partial charge on any atom is 0.187 e. The summed E-state index contributed by atoms with van der Waals surface area (Å²) in [4.78, 5) is 15.8. The van der Waals surface area contributed by atoms with Crippen molar-refractivity contribution in [2.45, 2.75) is 98.1 Å². The van der Waals surface area contributed by atoms with Crippen LogP contribution in [0.5, 0.6) is 0 Å². The Morgan fingerprint density at radius 2 is 1.21 bits per heavy atom. The molecule has 0 spiro atoms. The number of hydrogen-bond acceptors (Lipinski definition) is 15. The summed E-state index contributed by atoms with van der Waals surface area (Å²) in [7, 11) is 0. The molecule has 26 N–H and O–H groups in total. The van der Waals surface area contributed by atoms with Crippen molar-refractivity contribution in [1.29, 1.82) is 5.41 Å². The van der Waals surface area contributed by atoms with Gasteiger partial charge in [-0.1, -0.05) is 0 Å². The number of aliphatic hydroxyl groups excluding tert-OH is 6. The number of nitrogens with one attached hydrogen (secondary N) is 2. The molecular weight excluding hydrogens is 646 g/mol. The van der Waals surface area contributed by atoms with E-state index in [0.717, 1.165) is 0 Å². The van der Waals surface area contributed by atoms with Crippen LogP contribution >= 0.6 is 0 Å². The normalized spacial score (nSPS) is 39.8. The molecule has 0 bridgehead atoms. The molecule has 1 saturated carbocycles. The average Bonchev–Trinajstić information content (AvgIpc) is 2.98. The maximum absolute atomic E-state index is 11.5. The smallest absolute Gasteiger partial charge is 0.187 e. The van der Waals surface area contributed by atoms with Crippen LogP contribution < -0.4 is 56.9 Å². The molecule has 3 rings (SSSR count). The molecule has 3 fully saturated rings. The zero-order valence-corrected chi connectivity index (χ0v) is 25.6. The van der Waals surface area contributed by atoms with Crippen LogP contribution in [0.15, 0.2) is 20.0 Å². The summed E-state index contributed by atoms with van der Waals surface area (Å²) >= 11 is 0. The topological polar surface area (TPSA) is 478 Å². The monoisotopic (exact) mass is 693 g/mol. The van der Waals surface area contributed by atoms with E-state index in [1.807, 2.05) is 0 Å². The van der Waals surface area contributed by atoms with Gasteiger partial charge < -0.3 is 107 Å². The number of hydrogen-bond donors (Lipinski definition) is 17. The third-order valence-electron chi connectivity index (χ3n) is 7.75. The van der Waals surface area contributed by atoms with Gasteiger partial charge in [0.25, 0.3) is 0 Å². The third-order valence-corrected chi connectivity index (χ3v) is 7.75. The predicted molar refractivity (Wildman–Crippen MR) is 167 cm³/mol. The van der Waals surface area contributed by atoms with Crippen LogP contribution in [0, 0.1) is 5.41 Å². The molecule has 1 aliphatic carbocycles. The van der Waals surface area contributed by atoms with E-state index in [9.17, 15) is 30.6 Å². The lowest BCUT2D eigenvalue weighted by atomic mass is 9.83. The quantitative estimate of drug-likeness (QED) is 0.0705. The number of aliphatic hydroxyl groups is 6. The van der Waals surface area contributed by atoms with Gasteiger partial charge in [-0.05, 0) is 6.42 Å². The minimum atomic E-state index is -1.88. The second-order valence-electron chi connectivity index (χ2n) is 11.3. The Morgan fingerprint density at radius 1 is 0.667 bits per heavy atom. The second-order valence-corrected chi connectivity index (χ2v) is 11.3. The molecule has 0 aromatic rings. The van der Waals surface area contributed by atoms with Crippen molar-refractivity contribution in [3.8, 4) is 0 Å². The van der Waals surface area contributed by atoms with Crippen molar-refractivity contribution in [2.75, 3.05) is 13.2 Å². The van der Waals surface area contributed by atoms with E-state index in [-0.39, 0.29) is 18.9 Å². The first-order chi connectivity index (χ1) is 22.4. The summed E-state index contributed by atoms with van der Waals surface area (Å²) in [6, 6.07) is -5.05. The number of ether oxygens (including phenoxy) is 4. The molecule has 2 aliphatic heterocycles. The van der Waals surface area contributed by atoms with Crippen LogP contribution in [0.3, 0.4) is 0 Å². The van der Waals surface area contributed by atoms with Gasteiger partial charge in [0.2, 0.25) is 0 Å². The maximum atomic E-state index is 11.5. The Kier molecular flexibility index (Phi) is 13.1. The highest BCUT2D eigenvalue weighted by Gasteiger charge is 2.54. The van der Waals surface area contributed by atoms with Gasteiger partial charge in [0.1, 0.15) is 67.0 Å². The highest BCUT2D eigenvalue weighted by atomic mass is 16.7. The Labute approximate surface area is 273 Å². The van der Waals surface area contributed by atoms with E-state index >= 15 is 0 Å². The molecule has 25 nitrogen and oxygen atoms in total. The molecule has 48 heavy (non-hydrogen) atoms. The minimum absolute atomic E-state index is 0.159. The van der Waals surface area contributed by atoms with E-state index in [1.165, 1.54) is 0 Å². The molecule has 274 valence electrons. The van der Waals surface area contributed by atoms with E-state index in [1.54, 1.807) is 0 Å². The summed E-state index contributed by atoms with van der Waals surface area (Å²) in [5.41, 5.74) is 49.8. The van der Waals surface area contributed by atoms with E-state index in [0.29, 0.717) is 0 Å². The highest BCUT2D eigenvalue weighted by Crippen LogP contribution is 2.35. The van der Waals surface area contributed by atoms with Crippen molar-refractivity contribution < 1.29 is 49.6 Å². The van der Waals surface area contributed by atoms with Crippen molar-refractivity contribution in [1.82, 2.24) is 5.32 Å². The standard InChI is InChI=1S/C23H47N15O10/c24-19(25)34-2-6-11(41)13(43)9(38-23(32)33)17(45-6)47-15-5(36-21(28)29)1-4(35-20(26)27)10(40)16(15)48-18-14(44)12(42)8(37-22(30)31)7(3-39)46-18/h4-18,39-44H,1-3H2,(H4,24,25,34)(H4,26,27,35)(H4,28,29,36)(H4,30,31,37)(H4,32,33,38)/t4-,5+,6+,7+,8+,9+,10+,11+,12-,13+,14+,15-,16-,17+,18-/m0/s1. The van der Waals surface area contributed by atoms with Crippen LogP contribution in [0.2, 0.25) is 0 Å². The van der Waals surface area contributed by atoms with Gasteiger partial charge in [-0.3, -0.25) is 10.4 Å². The van der Waals surface area contributed by atoms with Crippen LogP contribution in [-0.2, 0) is 18.9 Å². The fourth-order valence-corrected chi connectivity index (χ4v) is 5.67. The second kappa shape index (κ2) is 16.4. The van der Waals surface area contributed by atoms with Gasteiger partial charge in [0, 0.05) is 0 Å². The third kappa shape index (κ3) is 9.30. The molecule has 0 aromatic carbocycles. The number of nitrogens with zero attached hydrogens (tertiary/aromatic N) is 4. The van der Waals surface area contributed by atoms with Crippen LogP contribution in [0.4, 0.5) is 0 Å². The number of nitrogens with two attached hydrogens (primary N) is 9. The molecule has 25 heteroatoms. The first-order valence-corrected chi connectivity index (χ1v) is 14.5. The van der Waals surface area contributed by atoms with Gasteiger partial charge in [-0.2, -0.15) is 0 Å². The molecule has 0 aromatic heterocycles. The van der Waals surface area contributed by atoms with Crippen molar-refractivity contribution in [2.24, 2.45) is 71.6 Å². The van der Waals surface area contributed by atoms with E-state index < -0.39 is 122 Å². The van der Waals surface area contributed by atoms with E-state index in [4.69, 9.17) is 76.0 Å². The van der Waals surface area contributed by atoms with Gasteiger partial charge in [-0.25, -0.2) is 15.0 Å². The average molecular weight is 694 g/mol. The summed E-state index contributed by atoms with van der Waals surface area (Å²) in [5.74, 6) is -2.32. The summed E-state index contributed by atoms with van der Waals surface area (Å²) in [5, 5.41) is 75.3. The molecule has 0 amide bonds. The Bertz CT molecular complexity index is 1210. The number of rotatable bonds is 11. The SMILES string of the molecule is N=C(N)N[C@H]1C[C@@H](N=C(N)N)[C@H](O[C@H]2O[C@H](CN=C(N)N)[C@@H](O)[C@H](O)[C@H]2N=C(N)N)[C@@H](O[C@@H]2O[C@H](CO)[C@@H](N=C(N)N)[C@H](O)[C@H]2O)[C@@H]1O. The van der Waals surface area contributed by atoms with Crippen molar-refractivity contribution in [3.05, 3.63) is 0 Å². The molecule has 0 unspecified atom stereocenters. The van der Waals surface area contributed by atoms with Crippen molar-refractivity contribution >= 4 is 29.8 Å². The number of guanidine groups is 5. The summed E-state index contributed by atoms with van der Waals surface area (Å²) in [6.07, 6.45) is -17.9. The van der Waals surface area contributed by atoms with Gasteiger partial charge in [0.15, 0.2) is 42.4 Å². The predicted octanol–water partition coefficient (Wildman–Crippen LogP) is -10.5. The van der Waals surface area contributed by atoms with Crippen molar-refractivity contribution in [3.63, 3.8) is 0 Å². The van der Waals surface area contributed by atoms with Gasteiger partial charge in [0.05, 0.1) is 25.2 Å². The molecule has 2 heterocycles. The Balaban J connectivity index is 2.08. The van der Waals surface area contributed by atoms with Gasteiger partial charge in [-0.15, -0.1) is 0 Å². The van der Waals surface area contributed by atoms with Crippen LogP contribution in [0.1, 0.15) is 6.42 Å². The van der Waals surface area contributed by atoms with Crippen LogP contribution in [0.25, 0.3) is 0 Å². The highest BCUT2D eigenvalue weighted by molar-refractivity contribution is 5.77. The van der Waals surface area contributed by atoms with Gasteiger partial charge >= 0.3 is 0 Å². The zero-order valence-electron chi connectivity index (χ0n) is 25.6. The van der Waals surface area contributed by atoms with Crippen LogP contribution in [-0.4, -0.2) is 165 Å². The molecule has 2 saturated heterocycles. The zero-order chi connectivity index (χ0) is 36.0. The number of aliphatic imine (C=N–C) groups is 4. The Hall–Kier alpha value is -4.05. The summed E-state index contributed by atoms with van der Waals surface area (Å²) < 4.78 is 23.9. The lowest BCUT2D eigenvalue weighted by molar-refractivity contribution is -0.331. The first-order valence-electron chi connectivity index (χ1n) is 14.5. The fourth-order valence-electron chi connectivity index (χ4n) is 5.67. The Morgan fingerprint density at radius 3 is 1.75 bits per heavy atom. The molecule has 15 atom stereocenters. The molecule has 3 aliphatic rings. The summed E-state index contributed by atoms with van der Waals surface area (Å²) in [6.45, 7) is -1.08. The lowest BCUT2D eigenvalue weighted by Crippen LogP contribution is -2.67. The fraction of sp³-hybridized carbons (Fsp3) is 0.783.